The predicted molar refractivity (Wildman–Crippen MR) is 137 cm³/mol. The standard InChI is InChI=1S/C28H21N3O4.Na.H/c1-34-22-13-11-19(12-14-22)24-25-27(31-21-9-5-6-18(16-21)10-15-23(32)33)29-17-30-28(25)35-26(24)20-7-3-2-4-8-20;;/h2-17H,1H3,(H,32,33)(H,29,30,31);;/q;+1;-1/b15-10+;;. The summed E-state index contributed by atoms with van der Waals surface area (Å²) in [6.07, 6.45) is 4.10. The maximum Gasteiger partial charge on any atom is 1.00 e. The number of carboxylic acid groups (broad SMARTS) is 1. The minimum absolute atomic E-state index is 0. The average Bonchev–Trinajstić information content (AvgIpc) is 3.29. The fourth-order valence-electron chi connectivity index (χ4n) is 3.88. The topological polar surface area (TPSA) is 97.5 Å². The Morgan fingerprint density at radius 2 is 1.78 bits per heavy atom. The van der Waals surface area contributed by atoms with Gasteiger partial charge in [0.2, 0.25) is 5.71 Å². The first-order valence-electron chi connectivity index (χ1n) is 10.9. The predicted octanol–water partition coefficient (Wildman–Crippen LogP) is 3.52. The molecule has 0 atom stereocenters. The quantitative estimate of drug-likeness (QED) is 0.268. The van der Waals surface area contributed by atoms with Gasteiger partial charge in [0, 0.05) is 22.9 Å². The number of anilines is 2. The number of carbonyl (C=O) groups is 1. The average molecular weight is 487 g/mol. The molecule has 5 rings (SSSR count). The van der Waals surface area contributed by atoms with Crippen LogP contribution in [-0.4, -0.2) is 28.2 Å². The van der Waals surface area contributed by atoms with E-state index in [2.05, 4.69) is 15.3 Å². The number of aromatic nitrogens is 2. The Morgan fingerprint density at radius 3 is 2.50 bits per heavy atom. The number of benzene rings is 3. The molecule has 0 aliphatic carbocycles. The first-order valence-corrected chi connectivity index (χ1v) is 10.9. The zero-order valence-electron chi connectivity index (χ0n) is 20.8. The molecule has 0 saturated heterocycles. The number of nitrogens with zero attached hydrogens (tertiary/aromatic N) is 2. The van der Waals surface area contributed by atoms with E-state index in [9.17, 15) is 4.79 Å². The Morgan fingerprint density at radius 1 is 1.00 bits per heavy atom. The monoisotopic (exact) mass is 487 g/mol. The Hall–Kier alpha value is -3.91. The number of aliphatic carboxylic acids is 1. The molecular formula is C28H22N3NaO4. The minimum Gasteiger partial charge on any atom is -1.00 e. The van der Waals surface area contributed by atoms with E-state index in [0.717, 1.165) is 45.2 Å². The number of ether oxygens (including phenoxy) is 1. The minimum atomic E-state index is -1.00. The summed E-state index contributed by atoms with van der Waals surface area (Å²) in [5.74, 6) is 1.01. The third kappa shape index (κ3) is 5.33. The second kappa shape index (κ2) is 11.2. The van der Waals surface area contributed by atoms with Crippen LogP contribution in [0.3, 0.4) is 0 Å². The van der Waals surface area contributed by atoms with Gasteiger partial charge in [0.1, 0.15) is 23.7 Å². The normalized spacial score (nSPS) is 10.8. The first-order chi connectivity index (χ1) is 17.1. The van der Waals surface area contributed by atoms with Crippen LogP contribution in [0.2, 0.25) is 0 Å². The summed E-state index contributed by atoms with van der Waals surface area (Å²) in [5, 5.41) is 13.0. The van der Waals surface area contributed by atoms with Crippen molar-refractivity contribution in [1.29, 1.82) is 0 Å². The van der Waals surface area contributed by atoms with E-state index >= 15 is 0 Å². The molecule has 0 saturated carbocycles. The van der Waals surface area contributed by atoms with Gasteiger partial charge in [0.25, 0.3) is 0 Å². The molecule has 3 aromatic carbocycles. The van der Waals surface area contributed by atoms with Gasteiger partial charge in [0.15, 0.2) is 0 Å². The zero-order valence-corrected chi connectivity index (χ0v) is 21.8. The molecule has 2 aromatic heterocycles. The number of fused-ring (bicyclic) bond motifs is 1. The van der Waals surface area contributed by atoms with Crippen LogP contribution in [0.25, 0.3) is 39.6 Å². The second-order valence-electron chi connectivity index (χ2n) is 7.73. The van der Waals surface area contributed by atoms with Crippen LogP contribution in [0, 0.1) is 0 Å². The zero-order chi connectivity index (χ0) is 24.2. The maximum absolute atomic E-state index is 10.9. The Kier molecular flexibility index (Phi) is 7.85. The third-order valence-corrected chi connectivity index (χ3v) is 5.47. The number of hydrogen-bond acceptors (Lipinski definition) is 6. The molecule has 174 valence electrons. The van der Waals surface area contributed by atoms with Crippen LogP contribution in [-0.2, 0) is 4.79 Å². The summed E-state index contributed by atoms with van der Waals surface area (Å²) in [6.45, 7) is 0. The van der Waals surface area contributed by atoms with E-state index in [1.165, 1.54) is 12.4 Å². The van der Waals surface area contributed by atoms with Gasteiger partial charge in [0.05, 0.1) is 12.5 Å². The van der Waals surface area contributed by atoms with Crippen molar-refractivity contribution in [3.8, 4) is 28.2 Å². The Bertz CT molecular complexity index is 1540. The van der Waals surface area contributed by atoms with Crippen molar-refractivity contribution in [2.24, 2.45) is 0 Å². The van der Waals surface area contributed by atoms with Crippen molar-refractivity contribution < 1.29 is 50.0 Å². The SMILES string of the molecule is COc1ccc(-c2c(-c3ccccc3)oc3ncnc(Nc4cccc(/C=C/C(=O)O)c4)c23)cc1.[H-].[Na+]. The molecule has 7 nitrogen and oxygen atoms in total. The maximum atomic E-state index is 10.9. The van der Waals surface area contributed by atoms with Gasteiger partial charge >= 0.3 is 35.5 Å². The van der Waals surface area contributed by atoms with E-state index in [-0.39, 0.29) is 31.0 Å². The van der Waals surface area contributed by atoms with Crippen molar-refractivity contribution in [1.82, 2.24) is 9.97 Å². The van der Waals surface area contributed by atoms with Gasteiger partial charge in [-0.2, -0.15) is 0 Å². The number of hydrogen-bond donors (Lipinski definition) is 2. The molecular weight excluding hydrogens is 465 g/mol. The molecule has 36 heavy (non-hydrogen) atoms. The van der Waals surface area contributed by atoms with E-state index < -0.39 is 5.97 Å². The second-order valence-corrected chi connectivity index (χ2v) is 7.73. The van der Waals surface area contributed by atoms with Crippen LogP contribution >= 0.6 is 0 Å². The van der Waals surface area contributed by atoms with E-state index in [1.807, 2.05) is 78.9 Å². The van der Waals surface area contributed by atoms with Crippen molar-refractivity contribution >= 4 is 34.7 Å². The van der Waals surface area contributed by atoms with Gasteiger partial charge in [-0.15, -0.1) is 0 Å². The smallest absolute Gasteiger partial charge is 1.00 e. The van der Waals surface area contributed by atoms with Crippen LogP contribution < -0.4 is 39.6 Å². The molecule has 0 aliphatic heterocycles. The van der Waals surface area contributed by atoms with Gasteiger partial charge < -0.3 is 21.0 Å². The van der Waals surface area contributed by atoms with E-state index in [0.29, 0.717) is 17.3 Å². The van der Waals surface area contributed by atoms with Gasteiger partial charge in [-0.05, 0) is 41.5 Å². The molecule has 5 aromatic rings. The van der Waals surface area contributed by atoms with Crippen LogP contribution in [0.4, 0.5) is 11.5 Å². The summed E-state index contributed by atoms with van der Waals surface area (Å²) in [7, 11) is 1.63. The number of nitrogens with one attached hydrogen (secondary N) is 1. The Balaban J connectivity index is 0.00000190. The first kappa shape index (κ1) is 25.2. The van der Waals surface area contributed by atoms with Crippen LogP contribution in [0.5, 0.6) is 5.75 Å². The van der Waals surface area contributed by atoms with Crippen molar-refractivity contribution in [3.63, 3.8) is 0 Å². The molecule has 0 radical (unpaired) electrons. The van der Waals surface area contributed by atoms with Crippen molar-refractivity contribution in [2.45, 2.75) is 0 Å². The van der Waals surface area contributed by atoms with Gasteiger partial charge in [-0.1, -0.05) is 54.6 Å². The fraction of sp³-hybridized carbons (Fsp3) is 0.0357. The Labute approximate surface area is 231 Å². The molecule has 0 spiro atoms. The number of methoxy groups -OCH3 is 1. The molecule has 0 aliphatic rings. The summed E-state index contributed by atoms with van der Waals surface area (Å²) in [6, 6.07) is 25.0. The molecule has 0 amide bonds. The van der Waals surface area contributed by atoms with Gasteiger partial charge in [-0.3, -0.25) is 0 Å². The molecule has 0 bridgehead atoms. The van der Waals surface area contributed by atoms with E-state index in [4.69, 9.17) is 14.3 Å². The van der Waals surface area contributed by atoms with E-state index in [1.54, 1.807) is 7.11 Å². The molecule has 2 N–H and O–H groups in total. The summed E-state index contributed by atoms with van der Waals surface area (Å²) < 4.78 is 11.6. The number of furan rings is 1. The molecule has 8 heteroatoms. The van der Waals surface area contributed by atoms with Crippen LogP contribution in [0.15, 0.2) is 95.7 Å². The third-order valence-electron chi connectivity index (χ3n) is 5.47. The molecule has 0 fully saturated rings. The van der Waals surface area contributed by atoms with Crippen molar-refractivity contribution in [3.05, 3.63) is 96.8 Å². The largest absolute Gasteiger partial charge is 1.00 e. The van der Waals surface area contributed by atoms with Crippen molar-refractivity contribution in [2.75, 3.05) is 12.4 Å². The summed E-state index contributed by atoms with van der Waals surface area (Å²) in [5.41, 5.74) is 4.66. The summed E-state index contributed by atoms with van der Waals surface area (Å²) >= 11 is 0. The van der Waals surface area contributed by atoms with Gasteiger partial charge in [-0.25, -0.2) is 14.8 Å². The van der Waals surface area contributed by atoms with Crippen LogP contribution in [0.1, 0.15) is 6.99 Å². The fourth-order valence-corrected chi connectivity index (χ4v) is 3.88. The number of carboxylic acids is 1. The molecule has 2 heterocycles. The number of rotatable bonds is 7. The summed E-state index contributed by atoms with van der Waals surface area (Å²) in [4.78, 5) is 19.8. The molecule has 0 unspecified atom stereocenters.